The average Bonchev–Trinajstić information content (AvgIpc) is 2.62. The summed E-state index contributed by atoms with van der Waals surface area (Å²) in [5, 5.41) is 2.77. The van der Waals surface area contributed by atoms with E-state index in [1.54, 1.807) is 0 Å². The molecule has 0 unspecified atom stereocenters. The predicted molar refractivity (Wildman–Crippen MR) is 111 cm³/mol. The summed E-state index contributed by atoms with van der Waals surface area (Å²) in [4.78, 5) is 14.3. The van der Waals surface area contributed by atoms with Crippen molar-refractivity contribution in [2.75, 3.05) is 33.4 Å². The molecular formula is C22H38N2O3. The topological polar surface area (TPSA) is 50.8 Å². The second-order valence-corrected chi connectivity index (χ2v) is 8.14. The number of nitrogens with zero attached hydrogens (tertiary/aromatic N) is 1. The number of amides is 1. The fourth-order valence-electron chi connectivity index (χ4n) is 2.68. The molecule has 0 radical (unpaired) electrons. The van der Waals surface area contributed by atoms with Gasteiger partial charge in [-0.2, -0.15) is 0 Å². The van der Waals surface area contributed by atoms with Crippen LogP contribution >= 0.6 is 0 Å². The van der Waals surface area contributed by atoms with Gasteiger partial charge in [-0.1, -0.05) is 44.2 Å². The summed E-state index contributed by atoms with van der Waals surface area (Å²) in [6, 6.07) is 10.8. The minimum Gasteiger partial charge on any atom is -0.444 e. The fourth-order valence-corrected chi connectivity index (χ4v) is 2.68. The summed E-state index contributed by atoms with van der Waals surface area (Å²) in [5.41, 5.74) is 0.746. The first-order valence-corrected chi connectivity index (χ1v) is 10.00. The van der Waals surface area contributed by atoms with E-state index in [-0.39, 0.29) is 6.09 Å². The second-order valence-electron chi connectivity index (χ2n) is 8.14. The lowest BCUT2D eigenvalue weighted by atomic mass is 9.99. The Hall–Kier alpha value is -1.59. The number of benzene rings is 1. The lowest BCUT2D eigenvalue weighted by molar-refractivity contribution is 0.0305. The molecule has 0 spiro atoms. The van der Waals surface area contributed by atoms with Crippen molar-refractivity contribution in [3.05, 3.63) is 35.9 Å². The van der Waals surface area contributed by atoms with Gasteiger partial charge in [-0.25, -0.2) is 4.79 Å². The number of nitrogens with one attached hydrogen (secondary N) is 1. The number of ether oxygens (including phenoxy) is 2. The van der Waals surface area contributed by atoms with E-state index in [1.165, 1.54) is 5.56 Å². The summed E-state index contributed by atoms with van der Waals surface area (Å²) in [5.74, 6) is 0.622. The monoisotopic (exact) mass is 378 g/mol. The van der Waals surface area contributed by atoms with Gasteiger partial charge in [0.25, 0.3) is 0 Å². The molecular weight excluding hydrogens is 340 g/mol. The molecule has 154 valence electrons. The second kappa shape index (κ2) is 12.0. The van der Waals surface area contributed by atoms with E-state index >= 15 is 0 Å². The fraction of sp³-hybridized carbons (Fsp3) is 0.682. The van der Waals surface area contributed by atoms with E-state index in [1.807, 2.05) is 32.0 Å². The van der Waals surface area contributed by atoms with Gasteiger partial charge in [-0.3, -0.25) is 0 Å². The normalized spacial score (nSPS) is 13.0. The summed E-state index contributed by atoms with van der Waals surface area (Å²) in [6.45, 7) is 13.0. The van der Waals surface area contributed by atoms with Crippen molar-refractivity contribution in [3.63, 3.8) is 0 Å². The predicted octanol–water partition coefficient (Wildman–Crippen LogP) is 4.12. The van der Waals surface area contributed by atoms with Crippen LogP contribution in [0.3, 0.4) is 0 Å². The van der Waals surface area contributed by atoms with Crippen molar-refractivity contribution in [2.45, 2.75) is 59.1 Å². The zero-order valence-corrected chi connectivity index (χ0v) is 18.0. The van der Waals surface area contributed by atoms with Crippen LogP contribution in [0.5, 0.6) is 0 Å². The molecule has 0 aliphatic rings. The van der Waals surface area contributed by atoms with Crippen LogP contribution in [-0.4, -0.2) is 56.0 Å². The molecule has 0 bridgehead atoms. The van der Waals surface area contributed by atoms with E-state index in [0.29, 0.717) is 31.7 Å². The van der Waals surface area contributed by atoms with Gasteiger partial charge in [0.05, 0.1) is 13.2 Å². The van der Waals surface area contributed by atoms with Crippen molar-refractivity contribution in [2.24, 2.45) is 5.92 Å². The van der Waals surface area contributed by atoms with E-state index in [4.69, 9.17) is 9.47 Å². The van der Waals surface area contributed by atoms with E-state index < -0.39 is 5.60 Å². The van der Waals surface area contributed by atoms with Crippen LogP contribution < -0.4 is 5.32 Å². The van der Waals surface area contributed by atoms with Crippen LogP contribution in [0.15, 0.2) is 30.3 Å². The lowest BCUT2D eigenvalue weighted by Crippen LogP contribution is -2.37. The SMILES string of the molecule is CC(C)[C@H](C)N(C)CCOCCNC(=O)OC(C)(C)CCc1ccccc1. The third kappa shape index (κ3) is 10.4. The zero-order chi connectivity index (χ0) is 20.3. The maximum absolute atomic E-state index is 12.0. The van der Waals surface area contributed by atoms with Gasteiger partial charge >= 0.3 is 6.09 Å². The number of hydrogen-bond donors (Lipinski definition) is 1. The van der Waals surface area contributed by atoms with Crippen molar-refractivity contribution in [1.29, 1.82) is 0 Å². The van der Waals surface area contributed by atoms with Crippen LogP contribution in [-0.2, 0) is 15.9 Å². The van der Waals surface area contributed by atoms with Crippen molar-refractivity contribution in [3.8, 4) is 0 Å². The smallest absolute Gasteiger partial charge is 0.407 e. The van der Waals surface area contributed by atoms with Gasteiger partial charge in [0.15, 0.2) is 0 Å². The van der Waals surface area contributed by atoms with Crippen LogP contribution in [0.4, 0.5) is 4.79 Å². The molecule has 27 heavy (non-hydrogen) atoms. The van der Waals surface area contributed by atoms with Crippen molar-refractivity contribution >= 4 is 6.09 Å². The summed E-state index contributed by atoms with van der Waals surface area (Å²) < 4.78 is 11.2. The number of hydrogen-bond acceptors (Lipinski definition) is 4. The maximum Gasteiger partial charge on any atom is 0.407 e. The Balaban J connectivity index is 2.14. The first-order chi connectivity index (χ1) is 12.7. The number of carbonyl (C=O) groups excluding carboxylic acids is 1. The van der Waals surface area contributed by atoms with Gasteiger partial charge in [-0.15, -0.1) is 0 Å². The summed E-state index contributed by atoms with van der Waals surface area (Å²) in [6.07, 6.45) is 1.27. The quantitative estimate of drug-likeness (QED) is 0.556. The Morgan fingerprint density at radius 2 is 1.81 bits per heavy atom. The molecule has 0 aliphatic carbocycles. The standard InChI is InChI=1S/C22H38N2O3/c1-18(2)19(3)24(6)15-17-26-16-14-23-21(25)27-22(4,5)13-12-20-10-8-7-9-11-20/h7-11,18-19H,12-17H2,1-6H3,(H,23,25)/t19-/m0/s1. The van der Waals surface area contributed by atoms with Gasteiger partial charge in [0, 0.05) is 19.1 Å². The minimum absolute atomic E-state index is 0.387. The van der Waals surface area contributed by atoms with Crippen LogP contribution in [0, 0.1) is 5.92 Å². The highest BCUT2D eigenvalue weighted by Crippen LogP contribution is 2.18. The highest BCUT2D eigenvalue weighted by molar-refractivity contribution is 5.67. The maximum atomic E-state index is 12.0. The van der Waals surface area contributed by atoms with Gasteiger partial charge < -0.3 is 19.7 Å². The molecule has 1 aromatic rings. The molecule has 1 N–H and O–H groups in total. The molecule has 0 heterocycles. The lowest BCUT2D eigenvalue weighted by Gasteiger charge is -2.27. The summed E-state index contributed by atoms with van der Waals surface area (Å²) >= 11 is 0. The third-order valence-electron chi connectivity index (χ3n) is 4.99. The molecule has 5 heteroatoms. The molecule has 0 fully saturated rings. The average molecular weight is 379 g/mol. The van der Waals surface area contributed by atoms with E-state index in [9.17, 15) is 4.79 Å². The van der Waals surface area contributed by atoms with Crippen molar-refractivity contribution < 1.29 is 14.3 Å². The third-order valence-corrected chi connectivity index (χ3v) is 4.99. The van der Waals surface area contributed by atoms with E-state index in [0.717, 1.165) is 19.4 Å². The van der Waals surface area contributed by atoms with Crippen molar-refractivity contribution in [1.82, 2.24) is 10.2 Å². The van der Waals surface area contributed by atoms with Crippen LogP contribution in [0.25, 0.3) is 0 Å². The van der Waals surface area contributed by atoms with Gasteiger partial charge in [0.1, 0.15) is 5.60 Å². The molecule has 0 saturated carbocycles. The molecule has 5 nitrogen and oxygen atoms in total. The molecule has 1 aromatic carbocycles. The highest BCUT2D eigenvalue weighted by Gasteiger charge is 2.22. The Bertz CT molecular complexity index is 532. The first kappa shape index (κ1) is 23.4. The largest absolute Gasteiger partial charge is 0.444 e. The highest BCUT2D eigenvalue weighted by atomic mass is 16.6. The zero-order valence-electron chi connectivity index (χ0n) is 18.0. The van der Waals surface area contributed by atoms with Gasteiger partial charge in [0.2, 0.25) is 0 Å². The number of rotatable bonds is 12. The van der Waals surface area contributed by atoms with Crippen LogP contribution in [0.2, 0.25) is 0 Å². The Morgan fingerprint density at radius 1 is 1.15 bits per heavy atom. The Morgan fingerprint density at radius 3 is 2.44 bits per heavy atom. The first-order valence-electron chi connectivity index (χ1n) is 10.00. The number of carbonyl (C=O) groups is 1. The molecule has 0 saturated heterocycles. The van der Waals surface area contributed by atoms with Crippen LogP contribution in [0.1, 0.15) is 46.6 Å². The van der Waals surface area contributed by atoms with E-state index in [2.05, 4.69) is 50.2 Å². The Kier molecular flexibility index (Phi) is 10.4. The minimum atomic E-state index is -0.503. The van der Waals surface area contributed by atoms with Gasteiger partial charge in [-0.05, 0) is 52.1 Å². The molecule has 1 amide bonds. The Labute approximate surface area is 165 Å². The number of likely N-dealkylation sites (N-methyl/N-ethyl adjacent to an activating group) is 1. The molecule has 0 aromatic heterocycles. The summed E-state index contributed by atoms with van der Waals surface area (Å²) in [7, 11) is 2.11. The molecule has 0 aliphatic heterocycles. The molecule has 1 atom stereocenters. The molecule has 1 rings (SSSR count). The number of aryl methyl sites for hydroxylation is 1. The number of alkyl carbamates (subject to hydrolysis) is 1.